The summed E-state index contributed by atoms with van der Waals surface area (Å²) in [4.78, 5) is 0. The summed E-state index contributed by atoms with van der Waals surface area (Å²) < 4.78 is 47.9. The zero-order valence-electron chi connectivity index (χ0n) is 14.5. The third-order valence-electron chi connectivity index (χ3n) is 6.22. The van der Waals surface area contributed by atoms with E-state index in [0.29, 0.717) is 22.3 Å². The SMILES string of the molecule is CC1CC1C1CC=C(c2ccc3c(oc4c(F)c(F)ccc43)c2F)CC1. The molecule has 0 amide bonds. The number of rotatable bonds is 2. The van der Waals surface area contributed by atoms with Crippen LogP contribution in [0, 0.1) is 35.2 Å². The molecular formula is C22H19F3O. The summed E-state index contributed by atoms with van der Waals surface area (Å²) in [5.41, 5.74) is 1.28. The van der Waals surface area contributed by atoms with Gasteiger partial charge in [0, 0.05) is 16.3 Å². The molecule has 2 aromatic carbocycles. The van der Waals surface area contributed by atoms with Gasteiger partial charge in [-0.3, -0.25) is 0 Å². The van der Waals surface area contributed by atoms with E-state index in [4.69, 9.17) is 4.42 Å². The molecule has 1 fully saturated rings. The Morgan fingerprint density at radius 2 is 1.65 bits per heavy atom. The largest absolute Gasteiger partial charge is 0.450 e. The van der Waals surface area contributed by atoms with Gasteiger partial charge in [-0.25, -0.2) is 8.78 Å². The molecule has 0 aliphatic heterocycles. The lowest BCUT2D eigenvalue weighted by atomic mass is 9.83. The van der Waals surface area contributed by atoms with Gasteiger partial charge in [0.2, 0.25) is 5.82 Å². The normalized spacial score (nSPS) is 25.7. The van der Waals surface area contributed by atoms with Gasteiger partial charge in [0.05, 0.1) is 0 Å². The molecule has 0 bridgehead atoms. The predicted molar refractivity (Wildman–Crippen MR) is 96.2 cm³/mol. The van der Waals surface area contributed by atoms with Crippen LogP contribution in [-0.2, 0) is 0 Å². The minimum atomic E-state index is -1.07. The number of halogens is 3. The smallest absolute Gasteiger partial charge is 0.201 e. The van der Waals surface area contributed by atoms with Gasteiger partial charge in [0.1, 0.15) is 0 Å². The van der Waals surface area contributed by atoms with Gasteiger partial charge in [-0.2, -0.15) is 4.39 Å². The van der Waals surface area contributed by atoms with Gasteiger partial charge in [0.15, 0.2) is 22.8 Å². The summed E-state index contributed by atoms with van der Waals surface area (Å²) >= 11 is 0. The number of allylic oxidation sites excluding steroid dienone is 2. The standard InChI is InChI=1S/C22H19F3O/c1-11-10-17(11)13-4-2-12(3-5-13)14-6-7-15-16-8-9-18(23)20(25)22(16)26-21(15)19(14)24/h2,6-9,11,13,17H,3-5,10H2,1H3. The second kappa shape index (κ2) is 5.63. The molecule has 1 aromatic heterocycles. The second-order valence-electron chi connectivity index (χ2n) is 7.78. The molecule has 1 nitrogen and oxygen atoms in total. The van der Waals surface area contributed by atoms with E-state index >= 15 is 4.39 Å². The molecule has 4 heteroatoms. The van der Waals surface area contributed by atoms with Crippen LogP contribution in [0.5, 0.6) is 0 Å². The Morgan fingerprint density at radius 3 is 2.31 bits per heavy atom. The Kier molecular flexibility index (Phi) is 3.46. The molecule has 0 spiro atoms. The van der Waals surface area contributed by atoms with Crippen molar-refractivity contribution in [3.63, 3.8) is 0 Å². The second-order valence-corrected chi connectivity index (χ2v) is 7.78. The van der Waals surface area contributed by atoms with Gasteiger partial charge in [-0.1, -0.05) is 19.1 Å². The quantitative estimate of drug-likeness (QED) is 0.490. The van der Waals surface area contributed by atoms with E-state index in [2.05, 4.69) is 13.0 Å². The van der Waals surface area contributed by atoms with Crippen LogP contribution in [0.1, 0.15) is 38.2 Å². The van der Waals surface area contributed by atoms with Crippen LogP contribution < -0.4 is 0 Å². The number of fused-ring (bicyclic) bond motifs is 3. The molecule has 3 atom stereocenters. The fourth-order valence-corrected chi connectivity index (χ4v) is 4.56. The topological polar surface area (TPSA) is 13.1 Å². The van der Waals surface area contributed by atoms with Gasteiger partial charge < -0.3 is 4.42 Å². The van der Waals surface area contributed by atoms with E-state index in [1.54, 1.807) is 12.1 Å². The van der Waals surface area contributed by atoms with Gasteiger partial charge in [-0.05, 0) is 67.2 Å². The first-order chi connectivity index (χ1) is 12.5. The lowest BCUT2D eigenvalue weighted by Gasteiger charge is -2.22. The van der Waals surface area contributed by atoms with Gasteiger partial charge in [0.25, 0.3) is 0 Å². The van der Waals surface area contributed by atoms with E-state index in [0.717, 1.165) is 42.7 Å². The van der Waals surface area contributed by atoms with Gasteiger partial charge >= 0.3 is 0 Å². The van der Waals surface area contributed by atoms with Crippen molar-refractivity contribution in [2.45, 2.75) is 32.6 Å². The maximum absolute atomic E-state index is 15.1. The first-order valence-corrected chi connectivity index (χ1v) is 9.22. The van der Waals surface area contributed by atoms with Crippen molar-refractivity contribution in [1.29, 1.82) is 0 Å². The molecule has 2 aliphatic rings. The van der Waals surface area contributed by atoms with Crippen LogP contribution in [0.25, 0.3) is 27.5 Å². The van der Waals surface area contributed by atoms with E-state index in [9.17, 15) is 8.78 Å². The van der Waals surface area contributed by atoms with Crippen molar-refractivity contribution in [3.05, 3.63) is 53.4 Å². The maximum Gasteiger partial charge on any atom is 0.201 e. The fraction of sp³-hybridized carbons (Fsp3) is 0.364. The molecule has 0 radical (unpaired) electrons. The first-order valence-electron chi connectivity index (χ1n) is 9.22. The summed E-state index contributed by atoms with van der Waals surface area (Å²) in [7, 11) is 0. The van der Waals surface area contributed by atoms with E-state index in [1.165, 1.54) is 12.5 Å². The molecule has 134 valence electrons. The summed E-state index contributed by atoms with van der Waals surface area (Å²) in [6.45, 7) is 2.29. The highest BCUT2D eigenvalue weighted by atomic mass is 19.2. The van der Waals surface area contributed by atoms with Crippen LogP contribution >= 0.6 is 0 Å². The highest BCUT2D eigenvalue weighted by molar-refractivity contribution is 6.06. The Bertz CT molecular complexity index is 1060. The van der Waals surface area contributed by atoms with Crippen molar-refractivity contribution in [2.24, 2.45) is 17.8 Å². The van der Waals surface area contributed by atoms with E-state index < -0.39 is 17.5 Å². The number of hydrogen-bond acceptors (Lipinski definition) is 1. The Balaban J connectivity index is 1.57. The summed E-state index contributed by atoms with van der Waals surface area (Å²) in [6.07, 6.45) is 6.38. The molecule has 0 saturated heterocycles. The number of benzene rings is 2. The molecule has 0 N–H and O–H groups in total. The Hall–Kier alpha value is -2.23. The van der Waals surface area contributed by atoms with Gasteiger partial charge in [-0.15, -0.1) is 0 Å². The molecule has 5 rings (SSSR count). The summed E-state index contributed by atoms with van der Waals surface area (Å²) in [5, 5.41) is 0.867. The van der Waals surface area contributed by atoms with E-state index in [-0.39, 0.29) is 11.2 Å². The average molecular weight is 356 g/mol. The monoisotopic (exact) mass is 356 g/mol. The minimum absolute atomic E-state index is 0.000776. The average Bonchev–Trinajstić information content (AvgIpc) is 3.25. The van der Waals surface area contributed by atoms with Crippen molar-refractivity contribution >= 4 is 27.5 Å². The molecule has 3 aromatic rings. The zero-order chi connectivity index (χ0) is 18.0. The first kappa shape index (κ1) is 16.0. The highest BCUT2D eigenvalue weighted by Gasteiger charge is 2.39. The molecule has 1 saturated carbocycles. The summed E-state index contributed by atoms with van der Waals surface area (Å²) in [6, 6.07) is 5.95. The lowest BCUT2D eigenvalue weighted by molar-refractivity contribution is 0.410. The third kappa shape index (κ3) is 2.31. The van der Waals surface area contributed by atoms with Crippen LogP contribution in [-0.4, -0.2) is 0 Å². The summed E-state index contributed by atoms with van der Waals surface area (Å²) in [5.74, 6) is -0.181. The molecular weight excluding hydrogens is 337 g/mol. The van der Waals surface area contributed by atoms with Crippen molar-refractivity contribution < 1.29 is 17.6 Å². The Morgan fingerprint density at radius 1 is 0.962 bits per heavy atom. The van der Waals surface area contributed by atoms with Crippen molar-refractivity contribution in [1.82, 2.24) is 0 Å². The fourth-order valence-electron chi connectivity index (χ4n) is 4.56. The number of hydrogen-bond donors (Lipinski definition) is 0. The highest BCUT2D eigenvalue weighted by Crippen LogP contribution is 2.49. The molecule has 26 heavy (non-hydrogen) atoms. The zero-order valence-corrected chi connectivity index (χ0v) is 14.5. The molecule has 2 aliphatic carbocycles. The molecule has 1 heterocycles. The number of furan rings is 1. The maximum atomic E-state index is 15.1. The minimum Gasteiger partial charge on any atom is -0.450 e. The van der Waals surface area contributed by atoms with Crippen molar-refractivity contribution in [2.75, 3.05) is 0 Å². The van der Waals surface area contributed by atoms with Crippen LogP contribution in [0.2, 0.25) is 0 Å². The lowest BCUT2D eigenvalue weighted by Crippen LogP contribution is -2.09. The van der Waals surface area contributed by atoms with E-state index in [1.807, 2.05) is 0 Å². The van der Waals surface area contributed by atoms with Crippen LogP contribution in [0.15, 0.2) is 34.8 Å². The third-order valence-corrected chi connectivity index (χ3v) is 6.22. The van der Waals surface area contributed by atoms with Crippen LogP contribution in [0.3, 0.4) is 0 Å². The predicted octanol–water partition coefficient (Wildman–Crippen LogP) is 6.84. The van der Waals surface area contributed by atoms with Crippen LogP contribution in [0.4, 0.5) is 13.2 Å². The van der Waals surface area contributed by atoms with Crippen molar-refractivity contribution in [3.8, 4) is 0 Å². The molecule has 3 unspecified atom stereocenters. The Labute approximate surface area is 149 Å².